The fourth-order valence-corrected chi connectivity index (χ4v) is 3.09. The van der Waals surface area contributed by atoms with Crippen molar-refractivity contribution in [3.63, 3.8) is 0 Å². The number of alkyl halides is 3. The van der Waals surface area contributed by atoms with Crippen molar-refractivity contribution in [1.82, 2.24) is 4.72 Å². The van der Waals surface area contributed by atoms with Crippen molar-refractivity contribution in [2.24, 2.45) is 5.92 Å². The highest BCUT2D eigenvalue weighted by atomic mass is 32.2. The minimum atomic E-state index is -4.69. The summed E-state index contributed by atoms with van der Waals surface area (Å²) in [4.78, 5) is 11.9. The summed E-state index contributed by atoms with van der Waals surface area (Å²) in [6.07, 6.45) is -0.430. The van der Waals surface area contributed by atoms with E-state index in [-0.39, 0.29) is 6.42 Å². The molecule has 0 aliphatic rings. The summed E-state index contributed by atoms with van der Waals surface area (Å²) in [6, 6.07) is -2.18. The molecular formula is C16H30F3NO3S. The fourth-order valence-electron chi connectivity index (χ4n) is 2.21. The van der Waals surface area contributed by atoms with Gasteiger partial charge in [0.25, 0.3) is 0 Å². The lowest BCUT2D eigenvalue weighted by atomic mass is 9.93. The Morgan fingerprint density at radius 3 is 2.08 bits per heavy atom. The third-order valence-electron chi connectivity index (χ3n) is 3.67. The van der Waals surface area contributed by atoms with Crippen LogP contribution in [-0.2, 0) is 20.5 Å². The number of methoxy groups -OCH3 is 1. The highest BCUT2D eigenvalue weighted by molar-refractivity contribution is 7.84. The molecule has 1 N–H and O–H groups in total. The van der Waals surface area contributed by atoms with Crippen LogP contribution in [0.5, 0.6) is 0 Å². The molecule has 0 bridgehead atoms. The molecule has 0 amide bonds. The van der Waals surface area contributed by atoms with Crippen LogP contribution in [-0.4, -0.2) is 34.3 Å². The average molecular weight is 373 g/mol. The predicted molar refractivity (Wildman–Crippen MR) is 89.8 cm³/mol. The van der Waals surface area contributed by atoms with Crippen LogP contribution in [0.2, 0.25) is 0 Å². The maximum Gasteiger partial charge on any atom is 0.405 e. The van der Waals surface area contributed by atoms with E-state index in [1.165, 1.54) is 0 Å². The molecule has 0 aliphatic heterocycles. The zero-order chi connectivity index (χ0) is 19.0. The first-order valence-electron chi connectivity index (χ1n) is 8.27. The van der Waals surface area contributed by atoms with Gasteiger partial charge >= 0.3 is 12.1 Å². The number of ether oxygens (including phenoxy) is 1. The number of halogens is 3. The summed E-state index contributed by atoms with van der Waals surface area (Å²) in [5.41, 5.74) is 0. The minimum Gasteiger partial charge on any atom is -0.469 e. The number of nitrogens with one attached hydrogen (secondary N) is 1. The predicted octanol–water partition coefficient (Wildman–Crippen LogP) is 4.12. The second-order valence-electron chi connectivity index (χ2n) is 6.85. The van der Waals surface area contributed by atoms with Crippen molar-refractivity contribution in [3.05, 3.63) is 0 Å². The number of rotatable bonds is 10. The summed E-state index contributed by atoms with van der Waals surface area (Å²) < 4.78 is 58.2. The van der Waals surface area contributed by atoms with Gasteiger partial charge in [0.05, 0.1) is 28.8 Å². The van der Waals surface area contributed by atoms with Crippen LogP contribution >= 0.6 is 0 Å². The molecule has 0 aromatic carbocycles. The van der Waals surface area contributed by atoms with Crippen LogP contribution < -0.4 is 4.72 Å². The largest absolute Gasteiger partial charge is 0.469 e. The molecule has 144 valence electrons. The molecule has 24 heavy (non-hydrogen) atoms. The van der Waals surface area contributed by atoms with Crippen molar-refractivity contribution < 1.29 is 26.9 Å². The lowest BCUT2D eigenvalue weighted by molar-refractivity contribution is -0.178. The molecule has 8 heteroatoms. The highest BCUT2D eigenvalue weighted by Gasteiger charge is 2.49. The average Bonchev–Trinajstić information content (AvgIpc) is 2.46. The second-order valence-corrected chi connectivity index (χ2v) is 8.85. The maximum absolute atomic E-state index is 13.4. The number of hydrogen-bond acceptors (Lipinski definition) is 3. The van der Waals surface area contributed by atoms with Gasteiger partial charge in [-0.1, -0.05) is 39.0 Å². The maximum atomic E-state index is 13.4. The van der Waals surface area contributed by atoms with Crippen molar-refractivity contribution >= 4 is 17.0 Å². The zero-order valence-corrected chi connectivity index (χ0v) is 16.0. The topological polar surface area (TPSA) is 55.4 Å². The Hall–Kier alpha value is -0.630. The molecule has 0 aromatic heterocycles. The van der Waals surface area contributed by atoms with E-state index in [0.29, 0.717) is 6.42 Å². The van der Waals surface area contributed by atoms with E-state index in [2.05, 4.69) is 9.46 Å². The van der Waals surface area contributed by atoms with Gasteiger partial charge in [-0.3, -0.25) is 4.79 Å². The molecular weight excluding hydrogens is 343 g/mol. The number of carbonyl (C=O) groups is 1. The van der Waals surface area contributed by atoms with E-state index < -0.39 is 39.8 Å². The number of unbranched alkanes of at least 4 members (excludes halogenated alkanes) is 4. The summed E-state index contributed by atoms with van der Waals surface area (Å²) in [5.74, 6) is -2.32. The molecule has 0 aliphatic carbocycles. The van der Waals surface area contributed by atoms with Gasteiger partial charge in [0, 0.05) is 0 Å². The van der Waals surface area contributed by atoms with Crippen molar-refractivity contribution in [2.45, 2.75) is 83.2 Å². The van der Waals surface area contributed by atoms with Crippen molar-refractivity contribution in [1.29, 1.82) is 0 Å². The molecule has 0 rings (SSSR count). The molecule has 0 heterocycles. The van der Waals surface area contributed by atoms with Gasteiger partial charge in [-0.25, -0.2) is 8.93 Å². The number of esters is 1. The number of carbonyl (C=O) groups excluding carboxylic acids is 1. The Morgan fingerprint density at radius 2 is 1.67 bits per heavy atom. The summed E-state index contributed by atoms with van der Waals surface area (Å²) in [5, 5.41) is 0. The number of hydrogen-bond donors (Lipinski definition) is 1. The first-order chi connectivity index (χ1) is 10.9. The third kappa shape index (κ3) is 8.46. The van der Waals surface area contributed by atoms with Crippen LogP contribution in [0.25, 0.3) is 0 Å². The summed E-state index contributed by atoms with van der Waals surface area (Å²) in [7, 11) is -0.871. The van der Waals surface area contributed by atoms with Gasteiger partial charge in [-0.15, -0.1) is 0 Å². The van der Waals surface area contributed by atoms with E-state index in [0.717, 1.165) is 32.8 Å². The lowest BCUT2D eigenvalue weighted by Gasteiger charge is -2.30. The zero-order valence-electron chi connectivity index (χ0n) is 15.2. The van der Waals surface area contributed by atoms with Gasteiger partial charge in [0.2, 0.25) is 0 Å². The molecule has 0 spiro atoms. The third-order valence-corrected chi connectivity index (χ3v) is 5.25. The molecule has 3 atom stereocenters. The van der Waals surface area contributed by atoms with Gasteiger partial charge < -0.3 is 4.74 Å². The Balaban J connectivity index is 5.15. The normalized spacial score (nSPS) is 16.5. The van der Waals surface area contributed by atoms with E-state index in [1.807, 2.05) is 6.92 Å². The van der Waals surface area contributed by atoms with E-state index in [4.69, 9.17) is 0 Å². The van der Waals surface area contributed by atoms with Gasteiger partial charge in [-0.05, 0) is 27.2 Å². The molecule has 0 saturated carbocycles. The second kappa shape index (κ2) is 10.4. The van der Waals surface area contributed by atoms with Gasteiger partial charge in [0.1, 0.15) is 6.04 Å². The summed E-state index contributed by atoms with van der Waals surface area (Å²) >= 11 is 0. The Kier molecular flexibility index (Phi) is 10.1. The Bertz CT molecular complexity index is 408. The highest BCUT2D eigenvalue weighted by Crippen LogP contribution is 2.31. The van der Waals surface area contributed by atoms with Crippen LogP contribution in [0.3, 0.4) is 0 Å². The van der Waals surface area contributed by atoms with E-state index >= 15 is 0 Å². The van der Waals surface area contributed by atoms with Crippen LogP contribution in [0.4, 0.5) is 13.2 Å². The molecule has 0 aromatic rings. The quantitative estimate of drug-likeness (QED) is 0.463. The van der Waals surface area contributed by atoms with Gasteiger partial charge in [0.15, 0.2) is 0 Å². The van der Waals surface area contributed by atoms with Crippen LogP contribution in [0.15, 0.2) is 0 Å². The SMILES string of the molecule is CCCCCCC[C@H](C(=O)OC)[C@H](N[S@@](=O)C(C)(C)C)C(F)(F)F. The summed E-state index contributed by atoms with van der Waals surface area (Å²) in [6.45, 7) is 6.76. The van der Waals surface area contributed by atoms with Crippen LogP contribution in [0, 0.1) is 5.92 Å². The minimum absolute atomic E-state index is 0.0505. The first kappa shape index (κ1) is 23.4. The molecule has 4 nitrogen and oxygen atoms in total. The Labute approximate surface area is 145 Å². The van der Waals surface area contributed by atoms with Crippen molar-refractivity contribution in [3.8, 4) is 0 Å². The molecule has 0 fully saturated rings. The Morgan fingerprint density at radius 1 is 1.12 bits per heavy atom. The van der Waals surface area contributed by atoms with Crippen molar-refractivity contribution in [2.75, 3.05) is 7.11 Å². The van der Waals surface area contributed by atoms with E-state index in [9.17, 15) is 22.2 Å². The fraction of sp³-hybridized carbons (Fsp3) is 0.938. The molecule has 0 radical (unpaired) electrons. The van der Waals surface area contributed by atoms with Crippen LogP contribution in [0.1, 0.15) is 66.2 Å². The molecule has 0 unspecified atom stereocenters. The standard InChI is InChI=1S/C16H30F3NO3S/c1-6-7-8-9-10-11-12(14(21)23-5)13(16(17,18)19)20-24(22)15(2,3)4/h12-13,20H,6-11H2,1-5H3/t12-,13-,24-/m0/s1. The first-order valence-corrected chi connectivity index (χ1v) is 9.42. The molecule has 0 saturated heterocycles. The smallest absolute Gasteiger partial charge is 0.405 e. The van der Waals surface area contributed by atoms with Gasteiger partial charge in [-0.2, -0.15) is 13.2 Å². The monoisotopic (exact) mass is 373 g/mol. The van der Waals surface area contributed by atoms with E-state index in [1.54, 1.807) is 20.8 Å². The lowest BCUT2D eigenvalue weighted by Crippen LogP contribution is -2.53.